The van der Waals surface area contributed by atoms with Crippen molar-refractivity contribution < 1.29 is 9.90 Å². The highest BCUT2D eigenvalue weighted by Gasteiger charge is 2.32. The topological polar surface area (TPSA) is 40.5 Å². The van der Waals surface area contributed by atoms with E-state index < -0.39 is 5.97 Å². The molecule has 3 heteroatoms. The molecule has 4 aromatic carbocycles. The Morgan fingerprint density at radius 1 is 0.900 bits per heavy atom. The van der Waals surface area contributed by atoms with Gasteiger partial charge >= 0.3 is 5.97 Å². The molecule has 0 radical (unpaired) electrons. The average molecular weight is 393 g/mol. The van der Waals surface area contributed by atoms with Crippen molar-refractivity contribution in [2.24, 2.45) is 0 Å². The molecule has 5 rings (SSSR count). The van der Waals surface area contributed by atoms with Crippen LogP contribution in [0.4, 0.5) is 11.4 Å². The number of carboxylic acid groups (broad SMARTS) is 1. The molecular weight excluding hydrogens is 370 g/mol. The van der Waals surface area contributed by atoms with Crippen LogP contribution >= 0.6 is 0 Å². The van der Waals surface area contributed by atoms with E-state index in [0.29, 0.717) is 6.42 Å². The second-order valence-corrected chi connectivity index (χ2v) is 7.85. The van der Waals surface area contributed by atoms with Crippen molar-refractivity contribution in [1.82, 2.24) is 0 Å². The lowest BCUT2D eigenvalue weighted by atomic mass is 9.98. The fourth-order valence-corrected chi connectivity index (χ4v) is 4.59. The van der Waals surface area contributed by atoms with Gasteiger partial charge in [0.1, 0.15) is 0 Å². The van der Waals surface area contributed by atoms with E-state index in [1.165, 1.54) is 27.6 Å². The zero-order valence-corrected chi connectivity index (χ0v) is 16.7. The third-order valence-corrected chi connectivity index (χ3v) is 5.99. The molecule has 0 fully saturated rings. The van der Waals surface area contributed by atoms with Crippen molar-refractivity contribution in [3.8, 4) is 0 Å². The lowest BCUT2D eigenvalue weighted by Crippen LogP contribution is -2.19. The number of anilines is 2. The molecule has 30 heavy (non-hydrogen) atoms. The molecule has 1 atom stereocenters. The maximum absolute atomic E-state index is 11.0. The van der Waals surface area contributed by atoms with Crippen molar-refractivity contribution in [3.05, 3.63) is 108 Å². The van der Waals surface area contributed by atoms with E-state index in [-0.39, 0.29) is 12.5 Å². The Labute approximate surface area is 176 Å². The van der Waals surface area contributed by atoms with Crippen LogP contribution in [0.1, 0.15) is 29.2 Å². The van der Waals surface area contributed by atoms with Gasteiger partial charge in [-0.05, 0) is 58.5 Å². The van der Waals surface area contributed by atoms with Gasteiger partial charge in [0.25, 0.3) is 0 Å². The van der Waals surface area contributed by atoms with E-state index in [2.05, 4.69) is 83.8 Å². The van der Waals surface area contributed by atoms with Gasteiger partial charge in [-0.2, -0.15) is 0 Å². The van der Waals surface area contributed by atoms with Crippen LogP contribution in [-0.2, 0) is 17.6 Å². The fraction of sp³-hybridized carbons (Fsp3) is 0.148. The van der Waals surface area contributed by atoms with Crippen LogP contribution in [0, 0.1) is 0 Å². The van der Waals surface area contributed by atoms with E-state index in [4.69, 9.17) is 5.11 Å². The molecule has 3 nitrogen and oxygen atoms in total. The standard InChI is InChI=1S/C27H23NO2/c29-27(30)16-13-19-7-6-11-22(17-19)28-25-15-14-20-8-4-5-12-23(20)24(25)18-26(28)21-9-2-1-3-10-21/h1-12,14-15,17,26H,13,16,18H2,(H,29,30). The van der Waals surface area contributed by atoms with Gasteiger partial charge in [0, 0.05) is 17.8 Å². The Morgan fingerprint density at radius 2 is 1.70 bits per heavy atom. The number of nitrogens with zero attached hydrogens (tertiary/aromatic N) is 1. The number of hydrogen-bond acceptors (Lipinski definition) is 2. The molecule has 0 bridgehead atoms. The second kappa shape index (κ2) is 7.68. The molecule has 0 aromatic heterocycles. The van der Waals surface area contributed by atoms with Gasteiger partial charge in [-0.3, -0.25) is 4.79 Å². The van der Waals surface area contributed by atoms with Crippen molar-refractivity contribution in [3.63, 3.8) is 0 Å². The molecule has 1 heterocycles. The summed E-state index contributed by atoms with van der Waals surface area (Å²) in [5, 5.41) is 11.6. The van der Waals surface area contributed by atoms with Gasteiger partial charge in [-0.25, -0.2) is 0 Å². The average Bonchev–Trinajstić information content (AvgIpc) is 3.19. The van der Waals surface area contributed by atoms with Crippen molar-refractivity contribution in [2.45, 2.75) is 25.3 Å². The molecule has 4 aromatic rings. The first-order valence-corrected chi connectivity index (χ1v) is 10.4. The highest BCUT2D eigenvalue weighted by atomic mass is 16.4. The number of rotatable bonds is 5. The van der Waals surface area contributed by atoms with Gasteiger partial charge in [-0.15, -0.1) is 0 Å². The van der Waals surface area contributed by atoms with Crippen molar-refractivity contribution >= 4 is 28.1 Å². The Bertz CT molecular complexity index is 1220. The molecule has 1 aliphatic heterocycles. The molecule has 0 saturated heterocycles. The first kappa shape index (κ1) is 18.4. The van der Waals surface area contributed by atoms with E-state index >= 15 is 0 Å². The largest absolute Gasteiger partial charge is 0.481 e. The molecule has 1 aliphatic rings. The first-order chi connectivity index (χ1) is 14.7. The van der Waals surface area contributed by atoms with Gasteiger partial charge in [0.05, 0.1) is 6.04 Å². The van der Waals surface area contributed by atoms with Crippen LogP contribution in [0.15, 0.2) is 91.0 Å². The SMILES string of the molecule is O=C(O)CCc1cccc(N2c3ccc4ccccc4c3CC2c2ccccc2)c1. The number of carbonyl (C=O) groups is 1. The minimum absolute atomic E-state index is 0.146. The van der Waals surface area contributed by atoms with Gasteiger partial charge < -0.3 is 10.0 Å². The Hall–Kier alpha value is -3.59. The number of aryl methyl sites for hydroxylation is 1. The number of aliphatic carboxylic acids is 1. The third-order valence-electron chi connectivity index (χ3n) is 5.99. The van der Waals surface area contributed by atoms with Gasteiger partial charge in [0.15, 0.2) is 0 Å². The van der Waals surface area contributed by atoms with Crippen LogP contribution in [0.3, 0.4) is 0 Å². The molecule has 0 aliphatic carbocycles. The molecular formula is C27H23NO2. The summed E-state index contributed by atoms with van der Waals surface area (Å²) in [4.78, 5) is 13.4. The first-order valence-electron chi connectivity index (χ1n) is 10.4. The maximum atomic E-state index is 11.0. The summed E-state index contributed by atoms with van der Waals surface area (Å²) < 4.78 is 0. The smallest absolute Gasteiger partial charge is 0.303 e. The normalized spacial score (nSPS) is 15.3. The molecule has 0 spiro atoms. The summed E-state index contributed by atoms with van der Waals surface area (Å²) in [5.74, 6) is -0.763. The Morgan fingerprint density at radius 3 is 2.53 bits per heavy atom. The maximum Gasteiger partial charge on any atom is 0.303 e. The second-order valence-electron chi connectivity index (χ2n) is 7.85. The Kier molecular flexibility index (Phi) is 4.72. The summed E-state index contributed by atoms with van der Waals surface area (Å²) >= 11 is 0. The molecule has 0 saturated carbocycles. The van der Waals surface area contributed by atoms with Gasteiger partial charge in [-0.1, -0.05) is 72.8 Å². The molecule has 1 unspecified atom stereocenters. The van der Waals surface area contributed by atoms with E-state index in [1.807, 2.05) is 12.1 Å². The van der Waals surface area contributed by atoms with Crippen LogP contribution in [-0.4, -0.2) is 11.1 Å². The van der Waals surface area contributed by atoms with E-state index in [1.54, 1.807) is 0 Å². The number of hydrogen-bond donors (Lipinski definition) is 1. The molecule has 148 valence electrons. The lowest BCUT2D eigenvalue weighted by Gasteiger charge is -2.28. The molecule has 1 N–H and O–H groups in total. The lowest BCUT2D eigenvalue weighted by molar-refractivity contribution is -0.136. The minimum Gasteiger partial charge on any atom is -0.481 e. The van der Waals surface area contributed by atoms with Crippen LogP contribution in [0.5, 0.6) is 0 Å². The zero-order valence-electron chi connectivity index (χ0n) is 16.7. The van der Waals surface area contributed by atoms with Crippen LogP contribution < -0.4 is 4.90 Å². The number of benzene rings is 4. The zero-order chi connectivity index (χ0) is 20.5. The minimum atomic E-state index is -0.763. The Balaban J connectivity index is 1.63. The number of carboxylic acids is 1. The quantitative estimate of drug-likeness (QED) is 0.433. The predicted octanol–water partition coefficient (Wildman–Crippen LogP) is 6.29. The number of fused-ring (bicyclic) bond motifs is 3. The highest BCUT2D eigenvalue weighted by Crippen LogP contribution is 2.47. The van der Waals surface area contributed by atoms with Crippen molar-refractivity contribution in [2.75, 3.05) is 4.90 Å². The fourth-order valence-electron chi connectivity index (χ4n) is 4.59. The van der Waals surface area contributed by atoms with Crippen LogP contribution in [0.25, 0.3) is 10.8 Å². The summed E-state index contributed by atoms with van der Waals surface area (Å²) in [7, 11) is 0. The highest BCUT2D eigenvalue weighted by molar-refractivity contribution is 5.93. The summed E-state index contributed by atoms with van der Waals surface area (Å²) in [5.41, 5.74) is 6.06. The third kappa shape index (κ3) is 3.33. The van der Waals surface area contributed by atoms with Crippen LogP contribution in [0.2, 0.25) is 0 Å². The monoisotopic (exact) mass is 393 g/mol. The summed E-state index contributed by atoms with van der Waals surface area (Å²) in [6, 6.07) is 32.2. The summed E-state index contributed by atoms with van der Waals surface area (Å²) in [6.45, 7) is 0. The summed E-state index contributed by atoms with van der Waals surface area (Å²) in [6.07, 6.45) is 1.63. The van der Waals surface area contributed by atoms with Gasteiger partial charge in [0.2, 0.25) is 0 Å². The predicted molar refractivity (Wildman–Crippen MR) is 121 cm³/mol. The van der Waals surface area contributed by atoms with E-state index in [9.17, 15) is 4.79 Å². The van der Waals surface area contributed by atoms with Crippen molar-refractivity contribution in [1.29, 1.82) is 0 Å². The molecule has 0 amide bonds. The van der Waals surface area contributed by atoms with E-state index in [0.717, 1.165) is 17.7 Å².